The predicted octanol–water partition coefficient (Wildman–Crippen LogP) is 2.11. The summed E-state index contributed by atoms with van der Waals surface area (Å²) in [5.74, 6) is 0.940. The highest BCUT2D eigenvalue weighted by Gasteiger charge is 2.16. The molecule has 60 valence electrons. The first-order chi connectivity index (χ1) is 4.83. The van der Waals surface area contributed by atoms with Crippen LogP contribution >= 0.6 is 15.9 Å². The van der Waals surface area contributed by atoms with Crippen molar-refractivity contribution >= 4 is 15.9 Å². The first kappa shape index (κ1) is 8.54. The maximum atomic E-state index is 3.45. The van der Waals surface area contributed by atoms with Crippen LogP contribution in [0.25, 0.3) is 0 Å². The fraction of sp³-hybridized carbons (Fsp3) is 1.00. The quantitative estimate of drug-likeness (QED) is 0.639. The van der Waals surface area contributed by atoms with E-state index in [4.69, 9.17) is 0 Å². The molecule has 1 atom stereocenters. The third-order valence-corrected chi connectivity index (χ3v) is 2.68. The minimum Gasteiger partial charge on any atom is -0.303 e. The van der Waals surface area contributed by atoms with E-state index < -0.39 is 0 Å². The molecule has 1 saturated heterocycles. The van der Waals surface area contributed by atoms with Crippen LogP contribution in [0.1, 0.15) is 19.8 Å². The number of hydrogen-bond donors (Lipinski definition) is 0. The lowest BCUT2D eigenvalue weighted by molar-refractivity contribution is 0.330. The summed E-state index contributed by atoms with van der Waals surface area (Å²) in [4.78, 5) is 2.56. The topological polar surface area (TPSA) is 3.24 Å². The maximum Gasteiger partial charge on any atom is 0.00434 e. The largest absolute Gasteiger partial charge is 0.303 e. The molecule has 0 radical (unpaired) electrons. The van der Waals surface area contributed by atoms with Crippen molar-refractivity contribution in [3.8, 4) is 0 Å². The molecule has 0 aliphatic carbocycles. The van der Waals surface area contributed by atoms with Gasteiger partial charge in [-0.3, -0.25) is 0 Å². The van der Waals surface area contributed by atoms with Crippen LogP contribution in [-0.2, 0) is 0 Å². The summed E-state index contributed by atoms with van der Waals surface area (Å²) in [5, 5.41) is 1.15. The standard InChI is InChI=1S/C8H16BrN/c1-8-3-6-10(7-8)5-2-4-9/h8H,2-7H2,1H3. The Morgan fingerprint density at radius 3 is 2.90 bits per heavy atom. The monoisotopic (exact) mass is 205 g/mol. The molecular formula is C8H16BrN. The summed E-state index contributed by atoms with van der Waals surface area (Å²) in [6.07, 6.45) is 2.70. The van der Waals surface area contributed by atoms with E-state index in [1.54, 1.807) is 0 Å². The first-order valence-corrected chi connectivity index (χ1v) is 5.23. The molecule has 0 aromatic heterocycles. The predicted molar refractivity (Wildman–Crippen MR) is 48.6 cm³/mol. The van der Waals surface area contributed by atoms with Crippen LogP contribution in [0.5, 0.6) is 0 Å². The third kappa shape index (κ3) is 2.59. The van der Waals surface area contributed by atoms with Crippen molar-refractivity contribution in [1.82, 2.24) is 4.90 Å². The minimum atomic E-state index is 0.940. The fourth-order valence-electron chi connectivity index (χ4n) is 1.51. The molecule has 0 amide bonds. The van der Waals surface area contributed by atoms with E-state index >= 15 is 0 Å². The normalized spacial score (nSPS) is 27.6. The molecule has 1 unspecified atom stereocenters. The lowest BCUT2D eigenvalue weighted by atomic mass is 10.2. The molecule has 1 aliphatic rings. The zero-order chi connectivity index (χ0) is 7.40. The Morgan fingerprint density at radius 2 is 2.40 bits per heavy atom. The SMILES string of the molecule is CC1CCN(CCCBr)C1. The zero-order valence-corrected chi connectivity index (χ0v) is 8.23. The van der Waals surface area contributed by atoms with Gasteiger partial charge in [-0.15, -0.1) is 0 Å². The summed E-state index contributed by atoms with van der Waals surface area (Å²) in [6.45, 7) is 6.28. The number of nitrogens with zero attached hydrogens (tertiary/aromatic N) is 1. The number of alkyl halides is 1. The van der Waals surface area contributed by atoms with Crippen LogP contribution in [-0.4, -0.2) is 29.9 Å². The summed E-state index contributed by atoms with van der Waals surface area (Å²) in [5.41, 5.74) is 0. The molecule has 0 aromatic carbocycles. The average Bonchev–Trinajstić information content (AvgIpc) is 2.31. The van der Waals surface area contributed by atoms with Crippen molar-refractivity contribution in [2.24, 2.45) is 5.92 Å². The second-order valence-electron chi connectivity index (χ2n) is 3.24. The Hall–Kier alpha value is 0.440. The highest BCUT2D eigenvalue weighted by Crippen LogP contribution is 2.14. The molecule has 1 heterocycles. The summed E-state index contributed by atoms with van der Waals surface area (Å²) < 4.78 is 0. The second kappa shape index (κ2) is 4.35. The van der Waals surface area contributed by atoms with Gasteiger partial charge >= 0.3 is 0 Å². The number of likely N-dealkylation sites (tertiary alicyclic amines) is 1. The van der Waals surface area contributed by atoms with E-state index in [1.165, 1.54) is 32.5 Å². The lowest BCUT2D eigenvalue weighted by Crippen LogP contribution is -2.21. The van der Waals surface area contributed by atoms with E-state index in [9.17, 15) is 0 Å². The van der Waals surface area contributed by atoms with Crippen molar-refractivity contribution in [2.45, 2.75) is 19.8 Å². The van der Waals surface area contributed by atoms with Crippen LogP contribution in [0.3, 0.4) is 0 Å². The van der Waals surface area contributed by atoms with Gasteiger partial charge in [-0.05, 0) is 31.8 Å². The second-order valence-corrected chi connectivity index (χ2v) is 4.03. The van der Waals surface area contributed by atoms with E-state index in [0.29, 0.717) is 0 Å². The third-order valence-electron chi connectivity index (χ3n) is 2.12. The van der Waals surface area contributed by atoms with Gasteiger partial charge < -0.3 is 4.90 Å². The van der Waals surface area contributed by atoms with E-state index in [1.807, 2.05) is 0 Å². The molecule has 1 nitrogen and oxygen atoms in total. The van der Waals surface area contributed by atoms with Gasteiger partial charge in [-0.1, -0.05) is 22.9 Å². The lowest BCUT2D eigenvalue weighted by Gasteiger charge is -2.13. The van der Waals surface area contributed by atoms with Crippen molar-refractivity contribution in [2.75, 3.05) is 25.0 Å². The smallest absolute Gasteiger partial charge is 0.00434 e. The molecule has 1 rings (SSSR count). The van der Waals surface area contributed by atoms with Gasteiger partial charge in [0.25, 0.3) is 0 Å². The van der Waals surface area contributed by atoms with Crippen LogP contribution in [0.2, 0.25) is 0 Å². The summed E-state index contributed by atoms with van der Waals surface area (Å²) >= 11 is 3.45. The molecule has 1 fully saturated rings. The van der Waals surface area contributed by atoms with Crippen LogP contribution in [0.15, 0.2) is 0 Å². The maximum absolute atomic E-state index is 3.45. The molecule has 0 N–H and O–H groups in total. The van der Waals surface area contributed by atoms with Crippen molar-refractivity contribution in [1.29, 1.82) is 0 Å². The Labute approximate surface area is 71.9 Å². The average molecular weight is 206 g/mol. The zero-order valence-electron chi connectivity index (χ0n) is 6.65. The van der Waals surface area contributed by atoms with Gasteiger partial charge in [-0.2, -0.15) is 0 Å². The van der Waals surface area contributed by atoms with Crippen LogP contribution < -0.4 is 0 Å². The van der Waals surface area contributed by atoms with Crippen LogP contribution in [0.4, 0.5) is 0 Å². The molecular weight excluding hydrogens is 190 g/mol. The van der Waals surface area contributed by atoms with Gasteiger partial charge in [0.2, 0.25) is 0 Å². The molecule has 0 spiro atoms. The van der Waals surface area contributed by atoms with Gasteiger partial charge in [-0.25, -0.2) is 0 Å². The van der Waals surface area contributed by atoms with Crippen molar-refractivity contribution in [3.63, 3.8) is 0 Å². The Morgan fingerprint density at radius 1 is 1.60 bits per heavy atom. The number of halogens is 1. The summed E-state index contributed by atoms with van der Waals surface area (Å²) in [7, 11) is 0. The molecule has 1 aliphatic heterocycles. The van der Waals surface area contributed by atoms with Crippen LogP contribution in [0, 0.1) is 5.92 Å². The summed E-state index contributed by atoms with van der Waals surface area (Å²) in [6, 6.07) is 0. The Kier molecular flexibility index (Phi) is 3.71. The molecule has 2 heteroatoms. The highest BCUT2D eigenvalue weighted by atomic mass is 79.9. The van der Waals surface area contributed by atoms with E-state index in [2.05, 4.69) is 27.8 Å². The van der Waals surface area contributed by atoms with Gasteiger partial charge in [0, 0.05) is 11.9 Å². The minimum absolute atomic E-state index is 0.940. The number of rotatable bonds is 3. The molecule has 0 bridgehead atoms. The Balaban J connectivity index is 2.06. The number of hydrogen-bond acceptors (Lipinski definition) is 1. The van der Waals surface area contributed by atoms with Gasteiger partial charge in [0.1, 0.15) is 0 Å². The molecule has 10 heavy (non-hydrogen) atoms. The van der Waals surface area contributed by atoms with Gasteiger partial charge in [0.15, 0.2) is 0 Å². The van der Waals surface area contributed by atoms with Gasteiger partial charge in [0.05, 0.1) is 0 Å². The van der Waals surface area contributed by atoms with E-state index in [0.717, 1.165) is 11.2 Å². The highest BCUT2D eigenvalue weighted by molar-refractivity contribution is 9.09. The first-order valence-electron chi connectivity index (χ1n) is 4.11. The van der Waals surface area contributed by atoms with Crippen molar-refractivity contribution < 1.29 is 0 Å². The van der Waals surface area contributed by atoms with E-state index in [-0.39, 0.29) is 0 Å². The Bertz CT molecular complexity index is 95.3. The molecule has 0 aromatic rings. The fourth-order valence-corrected chi connectivity index (χ4v) is 1.76. The molecule has 0 saturated carbocycles. The van der Waals surface area contributed by atoms with Crippen molar-refractivity contribution in [3.05, 3.63) is 0 Å².